The van der Waals surface area contributed by atoms with Gasteiger partial charge in [-0.25, -0.2) is 0 Å². The molecular weight excluding hydrogens is 254 g/mol. The number of ether oxygens (including phenoxy) is 3. The Morgan fingerprint density at radius 2 is 1.65 bits per heavy atom. The lowest BCUT2D eigenvalue weighted by molar-refractivity contribution is 0.0253. The third kappa shape index (κ3) is 7.01. The fourth-order valence-corrected chi connectivity index (χ4v) is 1.99. The first-order chi connectivity index (χ1) is 9.75. The van der Waals surface area contributed by atoms with Crippen molar-refractivity contribution in [3.05, 3.63) is 35.4 Å². The Labute approximate surface area is 122 Å². The molecule has 1 aromatic rings. The van der Waals surface area contributed by atoms with Gasteiger partial charge in [0.1, 0.15) is 0 Å². The minimum absolute atomic E-state index is 0.345. The highest BCUT2D eigenvalue weighted by atomic mass is 16.5. The predicted molar refractivity (Wildman–Crippen MR) is 81.1 cm³/mol. The lowest BCUT2D eigenvalue weighted by atomic mass is 10.0. The Balaban J connectivity index is 2.03. The van der Waals surface area contributed by atoms with Crippen LogP contribution in [0.3, 0.4) is 0 Å². The van der Waals surface area contributed by atoms with Gasteiger partial charge in [-0.05, 0) is 25.0 Å². The summed E-state index contributed by atoms with van der Waals surface area (Å²) in [7, 11) is 1.67. The molecule has 0 saturated heterocycles. The molecule has 20 heavy (non-hydrogen) atoms. The van der Waals surface area contributed by atoms with Crippen molar-refractivity contribution in [3.8, 4) is 0 Å². The summed E-state index contributed by atoms with van der Waals surface area (Å²) in [5.41, 5.74) is 2.66. The maximum Gasteiger partial charge on any atom is 0.0701 e. The van der Waals surface area contributed by atoms with E-state index in [-0.39, 0.29) is 0 Å². The molecule has 1 unspecified atom stereocenters. The van der Waals surface area contributed by atoms with Crippen LogP contribution in [0.4, 0.5) is 0 Å². The van der Waals surface area contributed by atoms with Crippen LogP contribution in [0.1, 0.15) is 24.1 Å². The Morgan fingerprint density at radius 3 is 2.35 bits per heavy atom. The average molecular weight is 281 g/mol. The van der Waals surface area contributed by atoms with Crippen LogP contribution in [-0.2, 0) is 14.2 Å². The first-order valence-electron chi connectivity index (χ1n) is 7.19. The summed E-state index contributed by atoms with van der Waals surface area (Å²) in [5.74, 6) is 0. The minimum Gasteiger partial charge on any atom is -0.382 e. The molecule has 0 fully saturated rings. The SMILES string of the molecule is COCCOCCOCCNC(C)c1ccccc1C. The lowest BCUT2D eigenvalue weighted by Gasteiger charge is -2.16. The van der Waals surface area contributed by atoms with E-state index < -0.39 is 0 Å². The maximum atomic E-state index is 5.50. The first-order valence-corrected chi connectivity index (χ1v) is 7.19. The van der Waals surface area contributed by atoms with E-state index in [1.807, 2.05) is 0 Å². The largest absolute Gasteiger partial charge is 0.382 e. The molecule has 4 heteroatoms. The lowest BCUT2D eigenvalue weighted by Crippen LogP contribution is -2.24. The van der Waals surface area contributed by atoms with Crippen molar-refractivity contribution < 1.29 is 14.2 Å². The molecule has 0 saturated carbocycles. The second-order valence-corrected chi connectivity index (χ2v) is 4.75. The van der Waals surface area contributed by atoms with E-state index >= 15 is 0 Å². The van der Waals surface area contributed by atoms with Gasteiger partial charge in [0, 0.05) is 19.7 Å². The fraction of sp³-hybridized carbons (Fsp3) is 0.625. The van der Waals surface area contributed by atoms with Gasteiger partial charge in [0.2, 0.25) is 0 Å². The third-order valence-electron chi connectivity index (χ3n) is 3.16. The van der Waals surface area contributed by atoms with Crippen LogP contribution in [0.5, 0.6) is 0 Å². The zero-order chi connectivity index (χ0) is 14.6. The van der Waals surface area contributed by atoms with E-state index in [0.717, 1.165) is 6.54 Å². The molecule has 1 N–H and O–H groups in total. The number of nitrogens with one attached hydrogen (secondary N) is 1. The second-order valence-electron chi connectivity index (χ2n) is 4.75. The Bertz CT molecular complexity index is 357. The van der Waals surface area contributed by atoms with Crippen LogP contribution in [0.15, 0.2) is 24.3 Å². The van der Waals surface area contributed by atoms with Gasteiger partial charge in [0.15, 0.2) is 0 Å². The van der Waals surface area contributed by atoms with Gasteiger partial charge in [0.25, 0.3) is 0 Å². The second kappa shape index (κ2) is 10.8. The van der Waals surface area contributed by atoms with Crippen LogP contribution < -0.4 is 5.32 Å². The topological polar surface area (TPSA) is 39.7 Å². The molecule has 0 aliphatic carbocycles. The molecule has 0 heterocycles. The van der Waals surface area contributed by atoms with Crippen LogP contribution in [0.25, 0.3) is 0 Å². The normalized spacial score (nSPS) is 12.6. The predicted octanol–water partition coefficient (Wildman–Crippen LogP) is 2.33. The van der Waals surface area contributed by atoms with E-state index in [1.165, 1.54) is 11.1 Å². The van der Waals surface area contributed by atoms with Crippen molar-refractivity contribution in [1.29, 1.82) is 0 Å². The Morgan fingerprint density at radius 1 is 1.00 bits per heavy atom. The monoisotopic (exact) mass is 281 g/mol. The van der Waals surface area contributed by atoms with Crippen molar-refractivity contribution in [2.45, 2.75) is 19.9 Å². The fourth-order valence-electron chi connectivity index (χ4n) is 1.99. The molecule has 1 rings (SSSR count). The van der Waals surface area contributed by atoms with E-state index in [2.05, 4.69) is 43.4 Å². The molecule has 0 spiro atoms. The van der Waals surface area contributed by atoms with E-state index in [0.29, 0.717) is 39.1 Å². The molecule has 0 amide bonds. The number of hydrogen-bond donors (Lipinski definition) is 1. The van der Waals surface area contributed by atoms with Gasteiger partial charge in [-0.1, -0.05) is 24.3 Å². The summed E-state index contributed by atoms with van der Waals surface area (Å²) in [4.78, 5) is 0. The molecule has 0 bridgehead atoms. The highest BCUT2D eigenvalue weighted by Gasteiger charge is 2.06. The molecule has 0 aliphatic heterocycles. The number of aryl methyl sites for hydroxylation is 1. The number of hydrogen-bond acceptors (Lipinski definition) is 4. The number of methoxy groups -OCH3 is 1. The number of benzene rings is 1. The van der Waals surface area contributed by atoms with Gasteiger partial charge < -0.3 is 19.5 Å². The van der Waals surface area contributed by atoms with Gasteiger partial charge in [-0.3, -0.25) is 0 Å². The van der Waals surface area contributed by atoms with Gasteiger partial charge in [0.05, 0.1) is 33.0 Å². The maximum absolute atomic E-state index is 5.50. The third-order valence-corrected chi connectivity index (χ3v) is 3.16. The minimum atomic E-state index is 0.345. The molecule has 0 aliphatic rings. The summed E-state index contributed by atoms with van der Waals surface area (Å²) in [6.07, 6.45) is 0. The van der Waals surface area contributed by atoms with Crippen LogP contribution >= 0.6 is 0 Å². The molecule has 4 nitrogen and oxygen atoms in total. The molecular formula is C16H27NO3. The molecule has 114 valence electrons. The van der Waals surface area contributed by atoms with Gasteiger partial charge in [-0.2, -0.15) is 0 Å². The Kier molecular flexibility index (Phi) is 9.24. The smallest absolute Gasteiger partial charge is 0.0701 e. The molecule has 1 aromatic carbocycles. The van der Waals surface area contributed by atoms with Crippen molar-refractivity contribution in [2.75, 3.05) is 46.7 Å². The first kappa shape index (κ1) is 17.1. The summed E-state index contributed by atoms with van der Waals surface area (Å²) in [6, 6.07) is 8.80. The van der Waals surface area contributed by atoms with Crippen molar-refractivity contribution >= 4 is 0 Å². The Hall–Kier alpha value is -0.940. The van der Waals surface area contributed by atoms with E-state index in [1.54, 1.807) is 7.11 Å². The summed E-state index contributed by atoms with van der Waals surface area (Å²) < 4.78 is 15.7. The van der Waals surface area contributed by atoms with Gasteiger partial charge >= 0.3 is 0 Å². The quantitative estimate of drug-likeness (QED) is 0.632. The number of rotatable bonds is 11. The van der Waals surface area contributed by atoms with Crippen molar-refractivity contribution in [2.24, 2.45) is 0 Å². The van der Waals surface area contributed by atoms with Gasteiger partial charge in [-0.15, -0.1) is 0 Å². The standard InChI is InChI=1S/C16H27NO3/c1-14-6-4-5-7-16(14)15(2)17-8-9-19-12-13-20-11-10-18-3/h4-7,15,17H,8-13H2,1-3H3. The zero-order valence-electron chi connectivity index (χ0n) is 12.9. The van der Waals surface area contributed by atoms with Crippen LogP contribution in [0, 0.1) is 6.92 Å². The average Bonchev–Trinajstić information content (AvgIpc) is 2.46. The van der Waals surface area contributed by atoms with Crippen molar-refractivity contribution in [1.82, 2.24) is 5.32 Å². The molecule has 1 atom stereocenters. The summed E-state index contributed by atoms with van der Waals surface area (Å²) >= 11 is 0. The highest BCUT2D eigenvalue weighted by Crippen LogP contribution is 2.15. The highest BCUT2D eigenvalue weighted by molar-refractivity contribution is 5.28. The van der Waals surface area contributed by atoms with E-state index in [4.69, 9.17) is 14.2 Å². The zero-order valence-corrected chi connectivity index (χ0v) is 12.9. The van der Waals surface area contributed by atoms with Crippen LogP contribution in [-0.4, -0.2) is 46.7 Å². The van der Waals surface area contributed by atoms with Crippen LogP contribution in [0.2, 0.25) is 0 Å². The molecule has 0 aromatic heterocycles. The van der Waals surface area contributed by atoms with E-state index in [9.17, 15) is 0 Å². The van der Waals surface area contributed by atoms with Crippen molar-refractivity contribution in [3.63, 3.8) is 0 Å². The molecule has 0 radical (unpaired) electrons. The summed E-state index contributed by atoms with van der Waals surface area (Å²) in [5, 5.41) is 3.47. The summed E-state index contributed by atoms with van der Waals surface area (Å²) in [6.45, 7) is 8.37.